The number of aryl methyl sites for hydroxylation is 1. The van der Waals surface area contributed by atoms with Crippen LogP contribution in [0.5, 0.6) is 0 Å². The molecule has 0 aliphatic rings. The third kappa shape index (κ3) is 2.04. The summed E-state index contributed by atoms with van der Waals surface area (Å²) in [6.07, 6.45) is 0. The van der Waals surface area contributed by atoms with Crippen LogP contribution < -0.4 is 12.4 Å². The Hall–Kier alpha value is -1.36. The molecule has 0 radical (unpaired) electrons. The Morgan fingerprint density at radius 1 is 1.05 bits per heavy atom. The maximum absolute atomic E-state index is 4.51. The van der Waals surface area contributed by atoms with Crippen molar-refractivity contribution in [3.05, 3.63) is 54.4 Å². The maximum atomic E-state index is 4.51. The van der Waals surface area contributed by atoms with E-state index in [2.05, 4.69) is 34.3 Å². The number of pyridine rings is 1. The van der Waals surface area contributed by atoms with Gasteiger partial charge in [-0.2, -0.15) is 5.10 Å². The van der Waals surface area contributed by atoms with Crippen molar-refractivity contribution in [2.24, 2.45) is 0 Å². The minimum atomic E-state index is 0. The zero-order valence-corrected chi connectivity index (χ0v) is 13.1. The molecular weight excluding hydrogens is 282 g/mol. The number of fused-ring (bicyclic) bond motifs is 6. The van der Waals surface area contributed by atoms with Crippen molar-refractivity contribution in [2.45, 2.75) is 6.92 Å². The first-order valence-electron chi connectivity index (χ1n) is 5.89. The van der Waals surface area contributed by atoms with Crippen LogP contribution in [0.2, 0.25) is 0 Å². The average Bonchev–Trinajstić information content (AvgIpc) is 2.81. The second-order valence-corrected chi connectivity index (χ2v) is 4.37. The Kier molecular flexibility index (Phi) is 4.18. The van der Waals surface area contributed by atoms with Gasteiger partial charge in [-0.1, -0.05) is 29.0 Å². The summed E-state index contributed by atoms with van der Waals surface area (Å²) in [5, 5.41) is 7.86. The molecule has 4 aromatic rings. The van der Waals surface area contributed by atoms with Gasteiger partial charge in [0.1, 0.15) is 5.82 Å². The third-order valence-electron chi connectivity index (χ3n) is 3.22. The summed E-state index contributed by atoms with van der Waals surface area (Å²) < 4.78 is 1.91. The molecule has 20 heavy (non-hydrogen) atoms. The number of aromatic nitrogens is 3. The molecule has 0 amide bonds. The van der Waals surface area contributed by atoms with Crippen molar-refractivity contribution in [3.63, 3.8) is 0 Å². The SMILES string of the molecule is Cc1nc2c3[c-]cccc3c3ccccc3n2n1.[Cl-].[Mg+2]. The van der Waals surface area contributed by atoms with Crippen molar-refractivity contribution in [2.75, 3.05) is 0 Å². The minimum Gasteiger partial charge on any atom is -1.00 e. The van der Waals surface area contributed by atoms with Gasteiger partial charge in [0.05, 0.1) is 11.2 Å². The molecule has 0 atom stereocenters. The molecule has 3 nitrogen and oxygen atoms in total. The van der Waals surface area contributed by atoms with Crippen LogP contribution in [0, 0.1) is 13.0 Å². The standard InChI is InChI=1S/C15H10N3.ClH.Mg/c1-10-16-15-13-8-3-2-6-11(13)12-7-4-5-9-14(12)18(15)17-10;;/h2-7,9H,1H3;1H;/q-1;;+2/p-1. The van der Waals surface area contributed by atoms with Gasteiger partial charge in [-0.25, -0.2) is 0 Å². The number of benzene rings is 2. The van der Waals surface area contributed by atoms with Crippen LogP contribution in [-0.4, -0.2) is 37.7 Å². The fraction of sp³-hybridized carbons (Fsp3) is 0.0667. The first kappa shape index (κ1) is 15.0. The van der Waals surface area contributed by atoms with E-state index in [9.17, 15) is 0 Å². The quantitative estimate of drug-likeness (QED) is 0.254. The van der Waals surface area contributed by atoms with Crippen LogP contribution in [-0.2, 0) is 0 Å². The van der Waals surface area contributed by atoms with E-state index in [-0.39, 0.29) is 35.5 Å². The summed E-state index contributed by atoms with van der Waals surface area (Å²) in [6.45, 7) is 1.91. The normalized spacial score (nSPS) is 10.4. The van der Waals surface area contributed by atoms with E-state index >= 15 is 0 Å². The van der Waals surface area contributed by atoms with Gasteiger partial charge in [0.15, 0.2) is 0 Å². The second-order valence-electron chi connectivity index (χ2n) is 4.37. The van der Waals surface area contributed by atoms with E-state index in [0.29, 0.717) is 0 Å². The minimum absolute atomic E-state index is 0. The summed E-state index contributed by atoms with van der Waals surface area (Å²) in [5.74, 6) is 0.782. The zero-order valence-electron chi connectivity index (χ0n) is 11.0. The first-order chi connectivity index (χ1) is 8.84. The Morgan fingerprint density at radius 2 is 1.80 bits per heavy atom. The van der Waals surface area contributed by atoms with Gasteiger partial charge in [-0.05, 0) is 18.4 Å². The van der Waals surface area contributed by atoms with Gasteiger partial charge < -0.3 is 12.4 Å². The Labute approximate surface area is 138 Å². The second kappa shape index (κ2) is 5.56. The molecule has 0 aliphatic heterocycles. The van der Waals surface area contributed by atoms with Gasteiger partial charge in [0.25, 0.3) is 0 Å². The third-order valence-corrected chi connectivity index (χ3v) is 3.22. The zero-order chi connectivity index (χ0) is 12.1. The van der Waals surface area contributed by atoms with Crippen molar-refractivity contribution in [1.82, 2.24) is 14.6 Å². The van der Waals surface area contributed by atoms with Crippen LogP contribution in [0.25, 0.3) is 27.3 Å². The molecule has 2 aromatic carbocycles. The topological polar surface area (TPSA) is 30.2 Å². The van der Waals surface area contributed by atoms with Crippen molar-refractivity contribution < 1.29 is 12.4 Å². The number of hydrogen-bond acceptors (Lipinski definition) is 2. The molecule has 0 bridgehead atoms. The van der Waals surface area contributed by atoms with E-state index in [1.165, 1.54) is 10.8 Å². The molecule has 2 heterocycles. The number of rotatable bonds is 0. The molecular formula is C15H10ClMgN3. The molecule has 0 spiro atoms. The molecule has 0 unspecified atom stereocenters. The van der Waals surface area contributed by atoms with Crippen LogP contribution >= 0.6 is 0 Å². The molecule has 94 valence electrons. The van der Waals surface area contributed by atoms with Gasteiger partial charge in [0, 0.05) is 0 Å². The van der Waals surface area contributed by atoms with Crippen LogP contribution in [0.3, 0.4) is 0 Å². The predicted molar refractivity (Wildman–Crippen MR) is 77.3 cm³/mol. The Balaban J connectivity index is 0.000000735. The average molecular weight is 292 g/mol. The fourth-order valence-corrected chi connectivity index (χ4v) is 2.48. The molecule has 2 aromatic heterocycles. The van der Waals surface area contributed by atoms with Crippen molar-refractivity contribution in [3.8, 4) is 0 Å². The summed E-state index contributed by atoms with van der Waals surface area (Å²) in [7, 11) is 0. The number of halogens is 1. The smallest absolute Gasteiger partial charge is 1.00 e. The predicted octanol–water partition coefficient (Wildman–Crippen LogP) is -0.232. The largest absolute Gasteiger partial charge is 2.00 e. The van der Waals surface area contributed by atoms with Gasteiger partial charge >= 0.3 is 23.1 Å². The fourth-order valence-electron chi connectivity index (χ4n) is 2.48. The van der Waals surface area contributed by atoms with Crippen LogP contribution in [0.4, 0.5) is 0 Å². The van der Waals surface area contributed by atoms with Crippen molar-refractivity contribution >= 4 is 50.4 Å². The number of hydrogen-bond donors (Lipinski definition) is 0. The molecule has 0 saturated heterocycles. The molecule has 0 fully saturated rings. The van der Waals surface area contributed by atoms with Crippen LogP contribution in [0.1, 0.15) is 5.82 Å². The summed E-state index contributed by atoms with van der Waals surface area (Å²) in [5.41, 5.74) is 1.96. The molecule has 4 rings (SSSR count). The molecule has 5 heteroatoms. The van der Waals surface area contributed by atoms with E-state index in [1.54, 1.807) is 0 Å². The van der Waals surface area contributed by atoms with E-state index in [4.69, 9.17) is 0 Å². The molecule has 0 N–H and O–H groups in total. The number of nitrogens with zero attached hydrogens (tertiary/aromatic N) is 3. The molecule has 0 saturated carbocycles. The summed E-state index contributed by atoms with van der Waals surface area (Å²) >= 11 is 0. The van der Waals surface area contributed by atoms with E-state index < -0.39 is 0 Å². The van der Waals surface area contributed by atoms with Crippen LogP contribution in [0.15, 0.2) is 42.5 Å². The summed E-state index contributed by atoms with van der Waals surface area (Å²) in [6, 6.07) is 17.6. The first-order valence-corrected chi connectivity index (χ1v) is 5.89. The van der Waals surface area contributed by atoms with Gasteiger partial charge in [-0.3, -0.25) is 9.50 Å². The van der Waals surface area contributed by atoms with E-state index in [1.807, 2.05) is 35.7 Å². The van der Waals surface area contributed by atoms with Gasteiger partial charge in [-0.15, -0.1) is 24.3 Å². The Morgan fingerprint density at radius 3 is 2.65 bits per heavy atom. The number of para-hydroxylation sites is 1. The molecule has 0 aliphatic carbocycles. The maximum Gasteiger partial charge on any atom is 2.00 e. The Bertz CT molecular complexity index is 829. The van der Waals surface area contributed by atoms with E-state index in [0.717, 1.165) is 22.4 Å². The monoisotopic (exact) mass is 291 g/mol. The van der Waals surface area contributed by atoms with Gasteiger partial charge in [0.2, 0.25) is 0 Å². The summed E-state index contributed by atoms with van der Waals surface area (Å²) in [4.78, 5) is 4.51. The van der Waals surface area contributed by atoms with Crippen molar-refractivity contribution in [1.29, 1.82) is 0 Å².